The molecule has 146 valence electrons. The van der Waals surface area contributed by atoms with Crippen LogP contribution in [-0.4, -0.2) is 28.4 Å². The van der Waals surface area contributed by atoms with Crippen LogP contribution in [0.1, 0.15) is 21.7 Å². The Morgan fingerprint density at radius 3 is 2.25 bits per heavy atom. The number of carbonyl (C=O) groups is 1. The number of hydrogen-bond acceptors (Lipinski definition) is 3. The molecule has 2 N–H and O–H groups in total. The number of benzene rings is 2. The summed E-state index contributed by atoms with van der Waals surface area (Å²) in [7, 11) is 0. The summed E-state index contributed by atoms with van der Waals surface area (Å²) in [6.45, 7) is 2.65. The van der Waals surface area contributed by atoms with E-state index in [-0.39, 0.29) is 11.4 Å². The van der Waals surface area contributed by atoms with Gasteiger partial charge in [0.15, 0.2) is 0 Å². The maximum absolute atomic E-state index is 12.5. The average molecular weight is 388 g/mol. The van der Waals surface area contributed by atoms with Crippen molar-refractivity contribution in [1.82, 2.24) is 9.78 Å². The Kier molecular flexibility index (Phi) is 5.39. The first kappa shape index (κ1) is 19.5. The summed E-state index contributed by atoms with van der Waals surface area (Å²) >= 11 is 0. The number of aromatic nitrogens is 2. The zero-order valence-electron chi connectivity index (χ0n) is 15.3. The molecule has 0 aliphatic carbocycles. The van der Waals surface area contributed by atoms with Crippen LogP contribution >= 0.6 is 0 Å². The third-order valence-electron chi connectivity index (χ3n) is 4.04. The van der Waals surface area contributed by atoms with Crippen molar-refractivity contribution < 1.29 is 18.0 Å². The molecule has 0 bridgehead atoms. The van der Waals surface area contributed by atoms with Crippen molar-refractivity contribution in [3.05, 3.63) is 71.5 Å². The van der Waals surface area contributed by atoms with Crippen LogP contribution in [0.5, 0.6) is 0 Å². The second-order valence-corrected chi connectivity index (χ2v) is 6.35. The molecule has 0 atom stereocenters. The smallest absolute Gasteiger partial charge is 0.375 e. The van der Waals surface area contributed by atoms with Crippen LogP contribution in [0, 0.1) is 13.8 Å². The molecular formula is C20H19F3N4O. The van der Waals surface area contributed by atoms with Gasteiger partial charge in [-0.15, -0.1) is 0 Å². The number of para-hydroxylation sites is 2. The van der Waals surface area contributed by atoms with E-state index in [9.17, 15) is 18.0 Å². The Labute approximate surface area is 160 Å². The molecule has 3 rings (SSSR count). The van der Waals surface area contributed by atoms with Crippen LogP contribution in [0.2, 0.25) is 0 Å². The minimum Gasteiger partial charge on any atom is -0.375 e. The van der Waals surface area contributed by atoms with Gasteiger partial charge in [-0.05, 0) is 56.3 Å². The van der Waals surface area contributed by atoms with Crippen LogP contribution in [0.15, 0.2) is 54.6 Å². The van der Waals surface area contributed by atoms with Crippen molar-refractivity contribution in [2.75, 3.05) is 17.2 Å². The van der Waals surface area contributed by atoms with E-state index >= 15 is 0 Å². The fourth-order valence-electron chi connectivity index (χ4n) is 2.78. The number of anilines is 2. The predicted octanol–water partition coefficient (Wildman–Crippen LogP) is 4.72. The summed E-state index contributed by atoms with van der Waals surface area (Å²) in [6, 6.07) is 15.0. The topological polar surface area (TPSA) is 59.0 Å². The Morgan fingerprint density at radius 2 is 1.68 bits per heavy atom. The Hall–Kier alpha value is -3.29. The van der Waals surface area contributed by atoms with Crippen LogP contribution < -0.4 is 10.6 Å². The summed E-state index contributed by atoms with van der Waals surface area (Å²) in [5.41, 5.74) is 3.54. The van der Waals surface area contributed by atoms with Crippen molar-refractivity contribution in [1.29, 1.82) is 0 Å². The number of hydrogen-bond donors (Lipinski definition) is 2. The minimum atomic E-state index is -4.35. The lowest BCUT2D eigenvalue weighted by Gasteiger charge is -2.14. The molecule has 0 aliphatic heterocycles. The van der Waals surface area contributed by atoms with Crippen molar-refractivity contribution in [2.45, 2.75) is 20.0 Å². The van der Waals surface area contributed by atoms with Gasteiger partial charge < -0.3 is 10.6 Å². The first-order valence-electron chi connectivity index (χ1n) is 8.58. The van der Waals surface area contributed by atoms with Crippen molar-refractivity contribution >= 4 is 17.3 Å². The van der Waals surface area contributed by atoms with Crippen molar-refractivity contribution in [2.24, 2.45) is 0 Å². The highest BCUT2D eigenvalue weighted by Gasteiger charge is 2.27. The van der Waals surface area contributed by atoms with Gasteiger partial charge in [-0.3, -0.25) is 4.79 Å². The van der Waals surface area contributed by atoms with E-state index in [2.05, 4.69) is 15.7 Å². The molecule has 1 amide bonds. The summed E-state index contributed by atoms with van der Waals surface area (Å²) in [5, 5.41) is 9.34. The highest BCUT2D eigenvalue weighted by molar-refractivity contribution is 6.06. The average Bonchev–Trinajstić information content (AvgIpc) is 2.98. The Balaban J connectivity index is 1.74. The lowest BCUT2D eigenvalue weighted by Crippen LogP contribution is -2.22. The zero-order chi connectivity index (χ0) is 20.3. The first-order chi connectivity index (χ1) is 13.2. The molecule has 0 saturated heterocycles. The molecule has 2 aromatic carbocycles. The van der Waals surface area contributed by atoms with Gasteiger partial charge in [-0.2, -0.15) is 18.3 Å². The fraction of sp³-hybridized carbons (Fsp3) is 0.200. The summed E-state index contributed by atoms with van der Waals surface area (Å²) in [4.78, 5) is 12.5. The Morgan fingerprint density at radius 1 is 1.04 bits per heavy atom. The molecule has 0 aliphatic rings. The number of amides is 1. The van der Waals surface area contributed by atoms with Gasteiger partial charge in [0.2, 0.25) is 0 Å². The largest absolute Gasteiger partial charge is 0.405 e. The molecular weight excluding hydrogens is 369 g/mol. The lowest BCUT2D eigenvalue weighted by molar-refractivity contribution is -0.115. The predicted molar refractivity (Wildman–Crippen MR) is 102 cm³/mol. The van der Waals surface area contributed by atoms with E-state index in [4.69, 9.17) is 0 Å². The van der Waals surface area contributed by atoms with Gasteiger partial charge in [-0.1, -0.05) is 12.1 Å². The summed E-state index contributed by atoms with van der Waals surface area (Å²) in [6.07, 6.45) is -4.35. The number of alkyl halides is 3. The van der Waals surface area contributed by atoms with Crippen LogP contribution in [0.25, 0.3) is 5.69 Å². The molecule has 3 aromatic rings. The summed E-state index contributed by atoms with van der Waals surface area (Å²) in [5.74, 6) is -0.416. The second-order valence-electron chi connectivity index (χ2n) is 6.35. The number of aryl methyl sites for hydroxylation is 2. The quantitative estimate of drug-likeness (QED) is 0.665. The third kappa shape index (κ3) is 4.70. The summed E-state index contributed by atoms with van der Waals surface area (Å²) < 4.78 is 39.1. The van der Waals surface area contributed by atoms with E-state index in [1.165, 1.54) is 6.07 Å². The highest BCUT2D eigenvalue weighted by Crippen LogP contribution is 2.24. The number of halogens is 3. The van der Waals surface area contributed by atoms with Gasteiger partial charge >= 0.3 is 6.18 Å². The fourth-order valence-corrected chi connectivity index (χ4v) is 2.78. The highest BCUT2D eigenvalue weighted by atomic mass is 19.4. The molecule has 5 nitrogen and oxygen atoms in total. The van der Waals surface area contributed by atoms with Crippen molar-refractivity contribution in [3.63, 3.8) is 0 Å². The minimum absolute atomic E-state index is 0.201. The zero-order valence-corrected chi connectivity index (χ0v) is 15.3. The number of nitrogens with one attached hydrogen (secondary N) is 2. The molecule has 0 saturated carbocycles. The normalized spacial score (nSPS) is 11.3. The molecule has 0 radical (unpaired) electrons. The van der Waals surface area contributed by atoms with E-state index in [1.54, 1.807) is 47.1 Å². The molecule has 0 unspecified atom stereocenters. The standard InChI is InChI=1S/C20H19F3N4O/c1-13-11-14(2)27(26-13)16-9-7-15(8-10-16)19(28)25-18-6-4-3-5-17(18)24-12-20(21,22)23/h3-11,24H,12H2,1-2H3,(H,25,28). The van der Waals surface area contributed by atoms with Crippen LogP contribution in [0.4, 0.5) is 24.5 Å². The third-order valence-corrected chi connectivity index (χ3v) is 4.04. The van der Waals surface area contributed by atoms with Gasteiger partial charge in [0.05, 0.1) is 22.8 Å². The molecule has 0 fully saturated rings. The van der Waals surface area contributed by atoms with Crippen LogP contribution in [0.3, 0.4) is 0 Å². The molecule has 0 spiro atoms. The monoisotopic (exact) mass is 388 g/mol. The van der Waals surface area contributed by atoms with Gasteiger partial charge in [0.1, 0.15) is 6.54 Å². The first-order valence-corrected chi connectivity index (χ1v) is 8.58. The van der Waals surface area contributed by atoms with Gasteiger partial charge in [0.25, 0.3) is 5.91 Å². The SMILES string of the molecule is Cc1cc(C)n(-c2ccc(C(=O)Nc3ccccc3NCC(F)(F)F)cc2)n1. The van der Waals surface area contributed by atoms with E-state index < -0.39 is 18.6 Å². The molecule has 28 heavy (non-hydrogen) atoms. The number of rotatable bonds is 5. The van der Waals surface area contributed by atoms with E-state index in [1.807, 2.05) is 19.9 Å². The number of nitrogens with zero attached hydrogens (tertiary/aromatic N) is 2. The van der Waals surface area contributed by atoms with Crippen LogP contribution in [-0.2, 0) is 0 Å². The van der Waals surface area contributed by atoms with Crippen molar-refractivity contribution in [3.8, 4) is 5.69 Å². The lowest BCUT2D eigenvalue weighted by atomic mass is 10.1. The maximum Gasteiger partial charge on any atom is 0.405 e. The van der Waals surface area contributed by atoms with E-state index in [0.717, 1.165) is 17.1 Å². The van der Waals surface area contributed by atoms with Gasteiger partial charge in [-0.25, -0.2) is 4.68 Å². The molecule has 8 heteroatoms. The Bertz CT molecular complexity index is 978. The number of carbonyl (C=O) groups excluding carboxylic acids is 1. The second kappa shape index (κ2) is 7.75. The molecule has 1 aromatic heterocycles. The molecule has 1 heterocycles. The van der Waals surface area contributed by atoms with E-state index in [0.29, 0.717) is 5.56 Å². The van der Waals surface area contributed by atoms with Gasteiger partial charge in [0, 0.05) is 11.3 Å². The maximum atomic E-state index is 12.5.